The van der Waals surface area contributed by atoms with Gasteiger partial charge in [0.15, 0.2) is 0 Å². The van der Waals surface area contributed by atoms with Crippen LogP contribution >= 0.6 is 11.8 Å². The summed E-state index contributed by atoms with van der Waals surface area (Å²) in [6, 6.07) is 7.79. The maximum atomic E-state index is 12.2. The van der Waals surface area contributed by atoms with Crippen LogP contribution in [0.4, 0.5) is 5.69 Å². The van der Waals surface area contributed by atoms with Crippen LogP contribution in [0.25, 0.3) is 0 Å². The van der Waals surface area contributed by atoms with E-state index in [1.54, 1.807) is 11.9 Å². The second kappa shape index (κ2) is 4.70. The molecule has 2 rings (SSSR count). The van der Waals surface area contributed by atoms with Crippen LogP contribution in [0.15, 0.2) is 29.2 Å². The number of benzene rings is 1. The number of nitrogens with zero attached hydrogens (tertiary/aromatic N) is 1. The fourth-order valence-electron chi connectivity index (χ4n) is 1.90. The van der Waals surface area contributed by atoms with Gasteiger partial charge in [-0.05, 0) is 18.1 Å². The van der Waals surface area contributed by atoms with Crippen LogP contribution in [-0.4, -0.2) is 29.4 Å². The van der Waals surface area contributed by atoms with Gasteiger partial charge < -0.3 is 10.0 Å². The Bertz CT molecular complexity index is 433. The number of aliphatic hydroxyl groups is 1. The van der Waals surface area contributed by atoms with Crippen molar-refractivity contribution in [2.45, 2.75) is 30.1 Å². The van der Waals surface area contributed by atoms with Crippen molar-refractivity contribution in [1.82, 2.24) is 0 Å². The highest BCUT2D eigenvalue weighted by molar-refractivity contribution is 8.01. The van der Waals surface area contributed by atoms with Crippen molar-refractivity contribution in [3.63, 3.8) is 0 Å². The van der Waals surface area contributed by atoms with E-state index in [2.05, 4.69) is 0 Å². The lowest BCUT2D eigenvalue weighted by molar-refractivity contribution is -0.120. The summed E-state index contributed by atoms with van der Waals surface area (Å²) in [4.78, 5) is 14.9. The van der Waals surface area contributed by atoms with Gasteiger partial charge in [0, 0.05) is 11.9 Å². The van der Waals surface area contributed by atoms with Crippen LogP contribution in [-0.2, 0) is 4.79 Å². The molecule has 1 aromatic carbocycles. The van der Waals surface area contributed by atoms with Crippen LogP contribution in [0.1, 0.15) is 13.8 Å². The fourth-order valence-corrected chi connectivity index (χ4v) is 3.37. The fraction of sp³-hybridized carbons (Fsp3) is 0.462. The first kappa shape index (κ1) is 12.5. The first-order valence-electron chi connectivity index (χ1n) is 5.73. The molecule has 0 radical (unpaired) electrons. The Balaban J connectivity index is 2.34. The van der Waals surface area contributed by atoms with Gasteiger partial charge in [0.25, 0.3) is 0 Å². The predicted octanol–water partition coefficient (Wildman–Crippen LogP) is 2.14. The average Bonchev–Trinajstić information content (AvgIpc) is 2.33. The normalized spacial score (nSPS) is 21.6. The van der Waals surface area contributed by atoms with Crippen molar-refractivity contribution >= 4 is 23.4 Å². The van der Waals surface area contributed by atoms with Gasteiger partial charge >= 0.3 is 0 Å². The van der Waals surface area contributed by atoms with E-state index >= 15 is 0 Å². The molecule has 0 aliphatic carbocycles. The van der Waals surface area contributed by atoms with Crippen LogP contribution < -0.4 is 4.90 Å². The third kappa shape index (κ3) is 2.19. The summed E-state index contributed by atoms with van der Waals surface area (Å²) in [6.45, 7) is 3.86. The lowest BCUT2D eigenvalue weighted by Gasteiger charge is -2.34. The number of aliphatic hydroxyl groups excluding tert-OH is 1. The number of amides is 1. The number of anilines is 1. The van der Waals surface area contributed by atoms with E-state index in [0.29, 0.717) is 0 Å². The number of carbonyl (C=O) groups excluding carboxylic acids is 1. The molecule has 3 nitrogen and oxygen atoms in total. The van der Waals surface area contributed by atoms with E-state index in [1.165, 1.54) is 11.8 Å². The van der Waals surface area contributed by atoms with Crippen molar-refractivity contribution < 1.29 is 9.90 Å². The minimum absolute atomic E-state index is 0.0186. The average molecular weight is 251 g/mol. The molecule has 0 spiro atoms. The van der Waals surface area contributed by atoms with E-state index in [-0.39, 0.29) is 11.8 Å². The molecule has 92 valence electrons. The van der Waals surface area contributed by atoms with Gasteiger partial charge in [0.1, 0.15) is 5.25 Å². The van der Waals surface area contributed by atoms with Gasteiger partial charge in [-0.2, -0.15) is 0 Å². The number of rotatable bonds is 2. The molecule has 0 saturated carbocycles. The highest BCUT2D eigenvalue weighted by Crippen LogP contribution is 2.40. The second-order valence-electron chi connectivity index (χ2n) is 4.64. The van der Waals surface area contributed by atoms with Gasteiger partial charge in [-0.1, -0.05) is 26.0 Å². The first-order valence-corrected chi connectivity index (χ1v) is 6.61. The molecule has 1 N–H and O–H groups in total. The van der Waals surface area contributed by atoms with E-state index in [4.69, 9.17) is 0 Å². The molecule has 17 heavy (non-hydrogen) atoms. The number of thioether (sulfide) groups is 1. The minimum atomic E-state index is -0.608. The molecular formula is C13H17NO2S. The van der Waals surface area contributed by atoms with Crippen molar-refractivity contribution in [2.75, 3.05) is 11.9 Å². The molecular weight excluding hydrogens is 234 g/mol. The predicted molar refractivity (Wildman–Crippen MR) is 70.3 cm³/mol. The zero-order chi connectivity index (χ0) is 12.6. The summed E-state index contributed by atoms with van der Waals surface area (Å²) in [5, 5.41) is 9.70. The Morgan fingerprint density at radius 3 is 2.65 bits per heavy atom. The molecule has 1 aliphatic heterocycles. The Morgan fingerprint density at radius 1 is 1.35 bits per heavy atom. The third-order valence-electron chi connectivity index (χ3n) is 3.05. The number of fused-ring (bicyclic) bond motifs is 1. The summed E-state index contributed by atoms with van der Waals surface area (Å²) in [5.74, 6) is 0.0602. The van der Waals surface area contributed by atoms with Crippen molar-refractivity contribution in [2.24, 2.45) is 5.92 Å². The number of hydrogen-bond acceptors (Lipinski definition) is 3. The molecule has 4 heteroatoms. The highest BCUT2D eigenvalue weighted by atomic mass is 32.2. The van der Waals surface area contributed by atoms with Crippen LogP contribution in [0.5, 0.6) is 0 Å². The van der Waals surface area contributed by atoms with Crippen molar-refractivity contribution in [1.29, 1.82) is 0 Å². The molecule has 1 aliphatic rings. The molecule has 1 aromatic rings. The molecule has 1 amide bonds. The van der Waals surface area contributed by atoms with Crippen molar-refractivity contribution in [3.8, 4) is 0 Å². The Morgan fingerprint density at radius 2 is 2.00 bits per heavy atom. The summed E-state index contributed by atoms with van der Waals surface area (Å²) >= 11 is 1.46. The standard InChI is InChI=1S/C13H17NO2S/c1-8(2)11(15)12-13(16)14(3)9-6-4-5-7-10(9)17-12/h4-8,11-12,15H,1-3H3/t11-,12-/m1/s1. The van der Waals surface area contributed by atoms with Gasteiger partial charge in [-0.3, -0.25) is 4.79 Å². The minimum Gasteiger partial charge on any atom is -0.391 e. The van der Waals surface area contributed by atoms with Gasteiger partial charge in [0.2, 0.25) is 5.91 Å². The Labute approximate surface area is 106 Å². The monoisotopic (exact) mass is 251 g/mol. The third-order valence-corrected chi connectivity index (χ3v) is 4.38. The summed E-state index contributed by atoms with van der Waals surface area (Å²) < 4.78 is 0. The Kier molecular flexibility index (Phi) is 3.45. The van der Waals surface area contributed by atoms with E-state index in [9.17, 15) is 9.90 Å². The van der Waals surface area contributed by atoms with Crippen LogP contribution in [0.2, 0.25) is 0 Å². The summed E-state index contributed by atoms with van der Waals surface area (Å²) in [6.07, 6.45) is -0.608. The SMILES string of the molecule is CC(C)[C@@H](O)[C@H]1Sc2ccccc2N(C)C1=O. The molecule has 2 atom stereocenters. The lowest BCUT2D eigenvalue weighted by Crippen LogP contribution is -2.45. The topological polar surface area (TPSA) is 40.5 Å². The smallest absolute Gasteiger partial charge is 0.242 e. The maximum Gasteiger partial charge on any atom is 0.242 e. The van der Waals surface area contributed by atoms with E-state index < -0.39 is 11.4 Å². The van der Waals surface area contributed by atoms with E-state index in [1.807, 2.05) is 38.1 Å². The highest BCUT2D eigenvalue weighted by Gasteiger charge is 2.37. The molecule has 0 unspecified atom stereocenters. The zero-order valence-electron chi connectivity index (χ0n) is 10.3. The van der Waals surface area contributed by atoms with E-state index in [0.717, 1.165) is 10.6 Å². The second-order valence-corrected chi connectivity index (χ2v) is 5.82. The van der Waals surface area contributed by atoms with Crippen molar-refractivity contribution in [3.05, 3.63) is 24.3 Å². The molecule has 0 aromatic heterocycles. The maximum absolute atomic E-state index is 12.2. The number of carbonyl (C=O) groups is 1. The molecule has 1 heterocycles. The molecule has 0 bridgehead atoms. The zero-order valence-corrected chi connectivity index (χ0v) is 11.1. The van der Waals surface area contributed by atoms with Gasteiger partial charge in [-0.25, -0.2) is 0 Å². The number of para-hydroxylation sites is 1. The Hall–Kier alpha value is -1.00. The first-order chi connectivity index (χ1) is 8.02. The molecule has 0 fully saturated rings. The van der Waals surface area contributed by atoms with Crippen LogP contribution in [0, 0.1) is 5.92 Å². The largest absolute Gasteiger partial charge is 0.391 e. The molecule has 0 saturated heterocycles. The van der Waals surface area contributed by atoms with Gasteiger partial charge in [-0.15, -0.1) is 11.8 Å². The quantitative estimate of drug-likeness (QED) is 0.875. The summed E-state index contributed by atoms with van der Waals surface area (Å²) in [7, 11) is 1.76. The summed E-state index contributed by atoms with van der Waals surface area (Å²) in [5.41, 5.74) is 0.926. The van der Waals surface area contributed by atoms with Crippen LogP contribution in [0.3, 0.4) is 0 Å². The van der Waals surface area contributed by atoms with Gasteiger partial charge in [0.05, 0.1) is 11.8 Å². The lowest BCUT2D eigenvalue weighted by atomic mass is 10.0. The number of hydrogen-bond donors (Lipinski definition) is 1.